The molecule has 3 aromatic rings. The van der Waals surface area contributed by atoms with E-state index < -0.39 is 0 Å². The molecule has 3 aromatic carbocycles. The maximum Gasteiger partial charge on any atom is 0.0282 e. The van der Waals surface area contributed by atoms with Gasteiger partial charge in [-0.1, -0.05) is 148 Å². The van der Waals surface area contributed by atoms with Crippen molar-refractivity contribution in [3.8, 4) is 0 Å². The van der Waals surface area contributed by atoms with Crippen molar-refractivity contribution >= 4 is 11.8 Å². The number of hydrogen-bond donors (Lipinski definition) is 1. The molecule has 1 N–H and O–H groups in total. The Morgan fingerprint density at radius 3 is 2.18 bits per heavy atom. The maximum absolute atomic E-state index is 9.06. The largest absolute Gasteiger partial charge is 0.309 e. The average Bonchev–Trinajstić information content (AvgIpc) is 3.33. The van der Waals surface area contributed by atoms with Crippen molar-refractivity contribution < 1.29 is 0 Å². The highest BCUT2D eigenvalue weighted by Crippen LogP contribution is 2.33. The van der Waals surface area contributed by atoms with Crippen molar-refractivity contribution in [3.05, 3.63) is 143 Å². The summed E-state index contributed by atoms with van der Waals surface area (Å²) in [5.41, 5.74) is 9.54. The smallest absolute Gasteiger partial charge is 0.0282 e. The lowest BCUT2D eigenvalue weighted by Crippen LogP contribution is -2.20. The molecule has 2 aliphatic carbocycles. The third kappa shape index (κ3) is 10.2. The van der Waals surface area contributed by atoms with Crippen LogP contribution in [0.15, 0.2) is 121 Å². The number of allylic oxidation sites excluding steroid dienone is 4. The Morgan fingerprint density at radius 1 is 0.795 bits per heavy atom. The first-order chi connectivity index (χ1) is 21.7. The van der Waals surface area contributed by atoms with Crippen LogP contribution in [0, 0.1) is 23.2 Å². The fourth-order valence-corrected chi connectivity index (χ4v) is 7.26. The fraction of sp³-hybridized carbons (Fsp3) is 0.395. The van der Waals surface area contributed by atoms with Gasteiger partial charge < -0.3 is 5.41 Å². The summed E-state index contributed by atoms with van der Waals surface area (Å²) in [6.45, 7) is 0. The Labute approximate surface area is 267 Å². The average molecular weight is 582 g/mol. The summed E-state index contributed by atoms with van der Waals surface area (Å²) in [6.07, 6.45) is 29.1. The molecular weight excluding hydrogens is 530 g/mol. The van der Waals surface area contributed by atoms with Gasteiger partial charge >= 0.3 is 0 Å². The second-order valence-electron chi connectivity index (χ2n) is 13.1. The van der Waals surface area contributed by atoms with Gasteiger partial charge in [-0.25, -0.2) is 0 Å². The van der Waals surface area contributed by atoms with Crippen molar-refractivity contribution in [3.63, 3.8) is 0 Å². The van der Waals surface area contributed by atoms with E-state index in [9.17, 15) is 0 Å². The molecule has 2 aliphatic rings. The highest BCUT2D eigenvalue weighted by Gasteiger charge is 2.24. The number of hydrogen-bond acceptors (Lipinski definition) is 1. The lowest BCUT2D eigenvalue weighted by molar-refractivity contribution is 0.307. The van der Waals surface area contributed by atoms with Crippen molar-refractivity contribution in [2.75, 3.05) is 0 Å². The minimum atomic E-state index is 0.134. The van der Waals surface area contributed by atoms with Gasteiger partial charge in [-0.15, -0.1) is 5.73 Å². The molecule has 0 heterocycles. The molecule has 1 fully saturated rings. The molecule has 0 amide bonds. The molecule has 1 heteroatoms. The van der Waals surface area contributed by atoms with Crippen LogP contribution in [-0.2, 0) is 12.8 Å². The fourth-order valence-electron chi connectivity index (χ4n) is 7.26. The number of nitrogens with one attached hydrogen (secondary N) is 1. The Morgan fingerprint density at radius 2 is 1.45 bits per heavy atom. The third-order valence-corrected chi connectivity index (χ3v) is 9.83. The monoisotopic (exact) mass is 581 g/mol. The van der Waals surface area contributed by atoms with Gasteiger partial charge in [0.15, 0.2) is 0 Å². The lowest BCUT2D eigenvalue weighted by Gasteiger charge is -2.25. The maximum atomic E-state index is 9.06. The van der Waals surface area contributed by atoms with E-state index >= 15 is 0 Å². The Balaban J connectivity index is 1.02. The molecule has 5 rings (SSSR count). The first kappa shape index (κ1) is 31.7. The predicted octanol–water partition coefficient (Wildman–Crippen LogP) is 11.7. The molecule has 0 aromatic heterocycles. The van der Waals surface area contributed by atoms with E-state index in [-0.39, 0.29) is 5.92 Å². The van der Waals surface area contributed by atoms with Gasteiger partial charge in [0.2, 0.25) is 0 Å². The van der Waals surface area contributed by atoms with E-state index in [1.54, 1.807) is 0 Å². The number of rotatable bonds is 13. The lowest BCUT2D eigenvalue weighted by atomic mass is 9.79. The van der Waals surface area contributed by atoms with Crippen molar-refractivity contribution in [2.24, 2.45) is 17.8 Å². The van der Waals surface area contributed by atoms with Gasteiger partial charge in [0.1, 0.15) is 0 Å². The van der Waals surface area contributed by atoms with Crippen LogP contribution >= 0.6 is 0 Å². The normalized spacial score (nSPS) is 21.0. The molecule has 0 aliphatic heterocycles. The van der Waals surface area contributed by atoms with Crippen LogP contribution in [0.2, 0.25) is 0 Å². The minimum Gasteiger partial charge on any atom is -0.309 e. The minimum absolute atomic E-state index is 0.134. The summed E-state index contributed by atoms with van der Waals surface area (Å²) < 4.78 is 0. The number of aryl methyl sites for hydroxylation is 2. The van der Waals surface area contributed by atoms with E-state index in [1.807, 2.05) is 6.08 Å². The molecule has 44 heavy (non-hydrogen) atoms. The summed E-state index contributed by atoms with van der Waals surface area (Å²) in [5, 5.41) is 9.06. The Hall–Kier alpha value is -3.67. The molecule has 0 radical (unpaired) electrons. The zero-order chi connectivity index (χ0) is 30.2. The first-order valence-electron chi connectivity index (χ1n) is 17.2. The third-order valence-electron chi connectivity index (χ3n) is 9.83. The van der Waals surface area contributed by atoms with E-state index in [1.165, 1.54) is 80.0 Å². The quantitative estimate of drug-likeness (QED) is 0.153. The van der Waals surface area contributed by atoms with Crippen LogP contribution in [0.1, 0.15) is 98.8 Å². The van der Waals surface area contributed by atoms with Gasteiger partial charge in [0.05, 0.1) is 0 Å². The molecule has 2 unspecified atom stereocenters. The summed E-state index contributed by atoms with van der Waals surface area (Å²) in [4.78, 5) is 0. The predicted molar refractivity (Wildman–Crippen MR) is 189 cm³/mol. The molecule has 1 nitrogen and oxygen atoms in total. The van der Waals surface area contributed by atoms with Gasteiger partial charge in [0.25, 0.3) is 0 Å². The van der Waals surface area contributed by atoms with Gasteiger partial charge in [-0.2, -0.15) is 0 Å². The summed E-state index contributed by atoms with van der Waals surface area (Å²) >= 11 is 0. The van der Waals surface area contributed by atoms with Crippen LogP contribution in [0.3, 0.4) is 0 Å². The van der Waals surface area contributed by atoms with E-state index in [0.717, 1.165) is 43.2 Å². The van der Waals surface area contributed by atoms with Crippen LogP contribution in [0.25, 0.3) is 6.08 Å². The molecule has 228 valence electrons. The zero-order valence-corrected chi connectivity index (χ0v) is 26.5. The topological polar surface area (TPSA) is 23.9 Å². The Bertz CT molecular complexity index is 1380. The van der Waals surface area contributed by atoms with Crippen LogP contribution in [0.5, 0.6) is 0 Å². The van der Waals surface area contributed by atoms with Gasteiger partial charge in [0, 0.05) is 11.6 Å². The second kappa shape index (κ2) is 17.6. The van der Waals surface area contributed by atoms with Crippen LogP contribution in [-0.4, -0.2) is 5.71 Å². The zero-order valence-electron chi connectivity index (χ0n) is 26.5. The molecule has 0 spiro atoms. The van der Waals surface area contributed by atoms with Gasteiger partial charge in [-0.05, 0) is 97.1 Å². The number of benzene rings is 3. The second-order valence-corrected chi connectivity index (χ2v) is 13.1. The highest BCUT2D eigenvalue weighted by atomic mass is 14.5. The van der Waals surface area contributed by atoms with Crippen molar-refractivity contribution in [2.45, 2.75) is 89.4 Å². The van der Waals surface area contributed by atoms with Gasteiger partial charge in [-0.3, -0.25) is 0 Å². The molecule has 0 saturated heterocycles. The Kier molecular flexibility index (Phi) is 12.7. The molecular formula is C43H51N. The molecule has 2 atom stereocenters. The molecule has 1 saturated carbocycles. The summed E-state index contributed by atoms with van der Waals surface area (Å²) in [7, 11) is 0. The van der Waals surface area contributed by atoms with E-state index in [0.29, 0.717) is 5.92 Å². The summed E-state index contributed by atoms with van der Waals surface area (Å²) in [5.74, 6) is 2.19. The van der Waals surface area contributed by atoms with Crippen molar-refractivity contribution in [1.29, 1.82) is 5.41 Å². The highest BCUT2D eigenvalue weighted by molar-refractivity contribution is 5.89. The first-order valence-corrected chi connectivity index (χ1v) is 17.2. The van der Waals surface area contributed by atoms with Crippen LogP contribution < -0.4 is 0 Å². The van der Waals surface area contributed by atoms with Crippen LogP contribution in [0.4, 0.5) is 0 Å². The van der Waals surface area contributed by atoms with E-state index in [2.05, 4.69) is 121 Å². The standard InChI is InChI=1S/C43H51N/c44-42(43(41-26-9-4-10-27-41)40-24-7-1-2-8-25-40)28-14-23-38-30-33-39(34-31-38)32-29-37-21-12-19-36(20-13-22-37)18-11-17-35-15-5-3-6-16-35/h1,3-11,15-17,24,26-27,30-31,33-34,36-37,40,43-44H,12-14,18-23,25,28-29,32H2. The van der Waals surface area contributed by atoms with E-state index in [4.69, 9.17) is 5.41 Å². The van der Waals surface area contributed by atoms with Crippen molar-refractivity contribution in [1.82, 2.24) is 0 Å². The molecule has 0 bridgehead atoms. The summed E-state index contributed by atoms with van der Waals surface area (Å²) in [6, 6.07) is 30.8. The SMILES string of the molecule is N=C(CCCc1ccc(CCC2CCCC(CC=Cc3ccccc3)CCC2)cc1)C(c1ccccc1)C1C=CC=C=CC1.